The van der Waals surface area contributed by atoms with Crippen molar-refractivity contribution in [3.05, 3.63) is 83.4 Å². The van der Waals surface area contributed by atoms with E-state index in [1.54, 1.807) is 48.5 Å². The van der Waals surface area contributed by atoms with Gasteiger partial charge in [0.15, 0.2) is 6.17 Å². The molecule has 6 atom stereocenters. The Morgan fingerprint density at radius 1 is 1.18 bits per heavy atom. The first-order valence-corrected chi connectivity index (χ1v) is 14.0. The van der Waals surface area contributed by atoms with Crippen LogP contribution in [0.3, 0.4) is 0 Å². The Balaban J connectivity index is 1.47. The van der Waals surface area contributed by atoms with Crippen LogP contribution in [0, 0.1) is 0 Å². The number of aliphatic hydroxyl groups excluding tert-OH is 1. The van der Waals surface area contributed by atoms with Crippen molar-refractivity contribution in [2.75, 3.05) is 12.3 Å². The number of thioether (sulfide) groups is 1. The fourth-order valence-electron chi connectivity index (χ4n) is 3.55. The summed E-state index contributed by atoms with van der Waals surface area (Å²) in [6.45, 7) is 0.987. The molecule has 1 aliphatic heterocycles. The molecule has 202 valence electrons. The highest BCUT2D eigenvalue weighted by Gasteiger charge is 2.46. The maximum absolute atomic E-state index is 15.0. The van der Waals surface area contributed by atoms with Gasteiger partial charge in [-0.1, -0.05) is 36.4 Å². The number of anilines is 1. The van der Waals surface area contributed by atoms with E-state index in [1.165, 1.54) is 31.3 Å². The molecule has 0 spiro atoms. The van der Waals surface area contributed by atoms with Gasteiger partial charge in [0.1, 0.15) is 34.8 Å². The second-order valence-corrected chi connectivity index (χ2v) is 11.4. The molecule has 38 heavy (non-hydrogen) atoms. The number of benzene rings is 2. The first-order valence-electron chi connectivity index (χ1n) is 11.5. The summed E-state index contributed by atoms with van der Waals surface area (Å²) in [5.74, 6) is -0.280. The Kier molecular flexibility index (Phi) is 8.85. The molecule has 0 aliphatic carbocycles. The van der Waals surface area contributed by atoms with Gasteiger partial charge in [0.05, 0.1) is 11.9 Å². The van der Waals surface area contributed by atoms with Gasteiger partial charge >= 0.3 is 19.4 Å². The van der Waals surface area contributed by atoms with Crippen molar-refractivity contribution in [1.29, 1.82) is 0 Å². The fraction of sp³-hybridized carbons (Fsp3) is 0.292. The summed E-state index contributed by atoms with van der Waals surface area (Å²) >= 11 is 0.910. The summed E-state index contributed by atoms with van der Waals surface area (Å²) in [4.78, 5) is 28.4. The van der Waals surface area contributed by atoms with Crippen LogP contribution in [0.4, 0.5) is 10.2 Å². The number of nitrogens with one attached hydrogen (secondary N) is 1. The number of ether oxygens (including phenoxy) is 1. The molecule has 2 aromatic carbocycles. The van der Waals surface area contributed by atoms with Crippen LogP contribution in [-0.4, -0.2) is 50.8 Å². The second-order valence-electron chi connectivity index (χ2n) is 8.32. The molecular weight excluding hydrogens is 538 g/mol. The summed E-state index contributed by atoms with van der Waals surface area (Å²) in [7, 11) is -4.26. The molecule has 0 amide bonds. The van der Waals surface area contributed by atoms with Gasteiger partial charge in [-0.05, 0) is 37.3 Å². The minimum atomic E-state index is -4.26. The first kappa shape index (κ1) is 27.8. The van der Waals surface area contributed by atoms with Crippen LogP contribution in [0.15, 0.2) is 77.7 Å². The molecule has 0 bridgehead atoms. The number of esters is 1. The van der Waals surface area contributed by atoms with E-state index >= 15 is 0 Å². The van der Waals surface area contributed by atoms with E-state index in [-0.39, 0.29) is 11.6 Å². The Bertz CT molecular complexity index is 1350. The van der Waals surface area contributed by atoms with Gasteiger partial charge in [-0.25, -0.2) is 18.5 Å². The molecule has 14 heteroatoms. The van der Waals surface area contributed by atoms with Crippen LogP contribution in [0.2, 0.25) is 0 Å². The quantitative estimate of drug-likeness (QED) is 0.189. The van der Waals surface area contributed by atoms with E-state index < -0.39 is 55.0 Å². The highest BCUT2D eigenvalue weighted by atomic mass is 32.2. The van der Waals surface area contributed by atoms with Crippen molar-refractivity contribution >= 4 is 31.3 Å². The molecule has 11 nitrogen and oxygen atoms in total. The van der Waals surface area contributed by atoms with Crippen LogP contribution in [0.5, 0.6) is 11.5 Å². The number of carbonyl (C=O) groups is 1. The largest absolute Gasteiger partial charge is 0.459 e. The smallest absolute Gasteiger partial charge is 0.425 e. The number of para-hydroxylation sites is 2. The van der Waals surface area contributed by atoms with E-state index in [9.17, 15) is 23.7 Å². The van der Waals surface area contributed by atoms with Gasteiger partial charge in [0.2, 0.25) is 0 Å². The predicted molar refractivity (Wildman–Crippen MR) is 140 cm³/mol. The Morgan fingerprint density at radius 2 is 1.82 bits per heavy atom. The summed E-state index contributed by atoms with van der Waals surface area (Å²) < 4.78 is 46.2. The van der Waals surface area contributed by atoms with Gasteiger partial charge in [0.25, 0.3) is 0 Å². The lowest BCUT2D eigenvalue weighted by molar-refractivity contribution is -0.135. The number of nitrogen functional groups attached to an aromatic ring is 1. The van der Waals surface area contributed by atoms with Crippen LogP contribution in [0.25, 0.3) is 0 Å². The number of aromatic nitrogens is 2. The molecule has 1 unspecified atom stereocenters. The molecule has 1 saturated heterocycles. The monoisotopic (exact) mass is 564 g/mol. The molecule has 1 aliphatic rings. The average molecular weight is 565 g/mol. The number of hydrogen-bond acceptors (Lipinski definition) is 10. The van der Waals surface area contributed by atoms with E-state index in [1.807, 2.05) is 0 Å². The van der Waals surface area contributed by atoms with Crippen molar-refractivity contribution in [1.82, 2.24) is 14.6 Å². The SMILES string of the molecule is C[C@H](NP(=O)(OC[C@H]1S[C@@H](n2ccc(N)nc2=O)[C@@H](F)[C@@H]1O)Oc1ccccc1)C(=O)Oc1ccccc1. The number of nitrogens with zero attached hydrogens (tertiary/aromatic N) is 2. The molecule has 0 saturated carbocycles. The Hall–Kier alpha value is -3.22. The Labute approximate surface area is 221 Å². The normalized spacial score (nSPS) is 23.3. The molecule has 3 aromatic rings. The molecular formula is C24H26FN4O7PS. The third kappa shape index (κ3) is 6.80. The van der Waals surface area contributed by atoms with Crippen LogP contribution in [-0.2, 0) is 13.9 Å². The summed E-state index contributed by atoms with van der Waals surface area (Å²) in [5, 5.41) is 11.0. The van der Waals surface area contributed by atoms with Crippen molar-refractivity contribution in [3.63, 3.8) is 0 Å². The predicted octanol–water partition coefficient (Wildman–Crippen LogP) is 2.93. The minimum absolute atomic E-state index is 0.0185. The number of hydrogen-bond donors (Lipinski definition) is 3. The van der Waals surface area contributed by atoms with Crippen molar-refractivity contribution in [2.24, 2.45) is 0 Å². The van der Waals surface area contributed by atoms with Gasteiger partial charge < -0.3 is 20.1 Å². The van der Waals surface area contributed by atoms with Gasteiger partial charge in [-0.2, -0.15) is 10.1 Å². The van der Waals surface area contributed by atoms with Gasteiger partial charge in [-0.3, -0.25) is 9.09 Å². The second kappa shape index (κ2) is 12.1. The maximum atomic E-state index is 15.0. The lowest BCUT2D eigenvalue weighted by atomic mass is 10.1. The third-order valence-electron chi connectivity index (χ3n) is 5.46. The molecule has 1 aromatic heterocycles. The number of aliphatic hydroxyl groups is 1. The van der Waals surface area contributed by atoms with Crippen molar-refractivity contribution < 1.29 is 32.6 Å². The highest BCUT2D eigenvalue weighted by Crippen LogP contribution is 2.48. The van der Waals surface area contributed by atoms with E-state index in [2.05, 4.69) is 10.1 Å². The third-order valence-corrected chi connectivity index (χ3v) is 8.64. The van der Waals surface area contributed by atoms with Crippen molar-refractivity contribution in [2.45, 2.75) is 35.9 Å². The average Bonchev–Trinajstić information content (AvgIpc) is 3.17. The van der Waals surface area contributed by atoms with E-state index in [4.69, 9.17) is 19.5 Å². The number of nitrogens with two attached hydrogens (primary N) is 1. The summed E-state index contributed by atoms with van der Waals surface area (Å²) in [6, 6.07) is 16.6. The zero-order valence-corrected chi connectivity index (χ0v) is 21.8. The van der Waals surface area contributed by atoms with Crippen LogP contribution in [0.1, 0.15) is 12.3 Å². The topological polar surface area (TPSA) is 155 Å². The lowest BCUT2D eigenvalue weighted by Crippen LogP contribution is -2.37. The molecule has 4 N–H and O–H groups in total. The zero-order chi connectivity index (χ0) is 27.3. The number of carbonyl (C=O) groups excluding carboxylic acids is 1. The first-order chi connectivity index (χ1) is 18.1. The fourth-order valence-corrected chi connectivity index (χ4v) is 6.58. The maximum Gasteiger partial charge on any atom is 0.459 e. The van der Waals surface area contributed by atoms with Gasteiger partial charge in [0, 0.05) is 6.20 Å². The van der Waals surface area contributed by atoms with Gasteiger partial charge in [-0.15, -0.1) is 11.8 Å². The molecule has 4 rings (SSSR count). The standard InChI is InChI=1S/C24H26FN4O7PS/c1-15(23(31)35-16-8-4-2-5-9-16)28-37(33,36-17-10-6-3-7-11-17)34-14-18-21(30)20(25)22(38-18)29-13-12-19(26)27-24(29)32/h2-13,15,18,20-22,30H,14H2,1H3,(H,28,33)(H2,26,27,32)/t15-,18+,20-,21+,22+,37?/m0/s1. The van der Waals surface area contributed by atoms with E-state index in [0.29, 0.717) is 5.75 Å². The minimum Gasteiger partial charge on any atom is -0.425 e. The van der Waals surface area contributed by atoms with Crippen LogP contribution >= 0.6 is 19.5 Å². The summed E-state index contributed by atoms with van der Waals surface area (Å²) in [6.07, 6.45) is -2.12. The number of rotatable bonds is 10. The lowest BCUT2D eigenvalue weighted by Gasteiger charge is -2.24. The summed E-state index contributed by atoms with van der Waals surface area (Å²) in [5.41, 5.74) is 4.73. The molecule has 2 heterocycles. The zero-order valence-electron chi connectivity index (χ0n) is 20.1. The molecule has 0 radical (unpaired) electrons. The Morgan fingerprint density at radius 3 is 2.45 bits per heavy atom. The number of halogens is 1. The molecule has 1 fully saturated rings. The van der Waals surface area contributed by atoms with E-state index in [0.717, 1.165) is 16.3 Å². The highest BCUT2D eigenvalue weighted by molar-refractivity contribution is 8.00. The van der Waals surface area contributed by atoms with Crippen molar-refractivity contribution in [3.8, 4) is 11.5 Å². The number of alkyl halides is 1. The van der Waals surface area contributed by atoms with Crippen LogP contribution < -0.4 is 25.8 Å².